The number of ether oxygens (including phenoxy) is 12. The van der Waals surface area contributed by atoms with Crippen molar-refractivity contribution in [2.75, 3.05) is 39.6 Å². The molecule has 0 aromatic heterocycles. The van der Waals surface area contributed by atoms with Crippen molar-refractivity contribution in [2.24, 2.45) is 46.3 Å². The number of rotatable bonds is 11. The minimum absolute atomic E-state index is 0.0766. The highest BCUT2D eigenvalue weighted by molar-refractivity contribution is 5.25. The fraction of sp³-hybridized carbons (Fsp3) is 0.968. The molecule has 19 N–H and O–H groups in total. The summed E-state index contributed by atoms with van der Waals surface area (Å²) < 4.78 is 67.9. The molecule has 0 aromatic rings. The monoisotopic (exact) mass is 1360 g/mol. The van der Waals surface area contributed by atoms with Crippen LogP contribution in [0.4, 0.5) is 0 Å². The predicted molar refractivity (Wildman–Crippen MR) is 315 cm³/mol. The maximum absolute atomic E-state index is 11.2. The second kappa shape index (κ2) is 31.4. The first-order chi connectivity index (χ1) is 44.7. The van der Waals surface area contributed by atoms with Crippen LogP contribution in [-0.2, 0) is 56.8 Å². The fourth-order valence-corrected chi connectivity index (χ4v) is 17.6. The Kier molecular flexibility index (Phi) is 25.1. The van der Waals surface area contributed by atoms with Gasteiger partial charge in [0.25, 0.3) is 0 Å². The lowest BCUT2D eigenvalue weighted by Gasteiger charge is -2.58. The van der Waals surface area contributed by atoms with Gasteiger partial charge in [-0.05, 0) is 97.7 Å². The van der Waals surface area contributed by atoms with Crippen LogP contribution in [-0.4, -0.2) is 327 Å². The normalized spacial score (nSPS) is 52.7. The van der Waals surface area contributed by atoms with E-state index in [0.29, 0.717) is 10.8 Å². The van der Waals surface area contributed by atoms with Crippen molar-refractivity contribution >= 4 is 0 Å². The zero-order chi connectivity index (χ0) is 68.2. The Bertz CT molecular complexity index is 2130. The smallest absolute Gasteiger partial charge is 0.187 e. The molecule has 544 valence electrons. The Morgan fingerprint density at radius 2 is 0.702 bits per heavy atom. The number of allylic oxidation sites excluding steroid dienone is 1. The van der Waals surface area contributed by atoms with E-state index in [0.717, 1.165) is 48.3 Å². The molecular formula is C63H106O31. The van der Waals surface area contributed by atoms with Gasteiger partial charge in [-0.3, -0.25) is 0 Å². The molecule has 22 heterocycles. The Balaban J connectivity index is 0.000000285. The first-order valence-electron chi connectivity index (χ1n) is 33.7. The predicted octanol–water partition coefficient (Wildman–Crippen LogP) is -5.67. The van der Waals surface area contributed by atoms with E-state index < -0.39 is 224 Å². The van der Waals surface area contributed by atoms with E-state index in [1.54, 1.807) is 5.57 Å². The number of hydrogen-bond donors (Lipinski definition) is 19. The van der Waals surface area contributed by atoms with Gasteiger partial charge in [-0.1, -0.05) is 65.5 Å². The third kappa shape index (κ3) is 14.6. The molecule has 26 aliphatic rings. The molecule has 0 radical (unpaired) electrons. The van der Waals surface area contributed by atoms with Crippen molar-refractivity contribution in [1.82, 2.24) is 0 Å². The van der Waals surface area contributed by atoms with Crippen LogP contribution in [0.1, 0.15) is 105 Å². The molecule has 26 rings (SSSR count). The number of aliphatic hydroxyl groups excluding tert-OH is 19. The summed E-state index contributed by atoms with van der Waals surface area (Å²) in [5.74, 6) is 5.46. The molecule has 94 heavy (non-hydrogen) atoms. The molecule has 4 aliphatic carbocycles. The summed E-state index contributed by atoms with van der Waals surface area (Å²) in [6, 6.07) is 0. The highest BCUT2D eigenvalue weighted by Gasteiger charge is 2.62. The molecule has 12 bridgehead atoms. The molecule has 0 spiro atoms. The topological polar surface area (TPSA) is 495 Å². The van der Waals surface area contributed by atoms with Gasteiger partial charge in [0.15, 0.2) is 37.7 Å². The summed E-state index contributed by atoms with van der Waals surface area (Å²) in [6.07, 6.45) is -41.3. The molecule has 38 atom stereocenters. The van der Waals surface area contributed by atoms with Crippen molar-refractivity contribution < 1.29 is 154 Å². The highest BCUT2D eigenvalue weighted by Crippen LogP contribution is 2.67. The maximum Gasteiger partial charge on any atom is 0.187 e. The van der Waals surface area contributed by atoms with Gasteiger partial charge in [0.05, 0.1) is 45.7 Å². The van der Waals surface area contributed by atoms with Crippen LogP contribution in [0.2, 0.25) is 0 Å². The fourth-order valence-electron chi connectivity index (χ4n) is 17.6. The van der Waals surface area contributed by atoms with Gasteiger partial charge < -0.3 is 154 Å². The van der Waals surface area contributed by atoms with Crippen LogP contribution >= 0.6 is 0 Å². The molecule has 3 saturated carbocycles. The van der Waals surface area contributed by atoms with Gasteiger partial charge in [0.2, 0.25) is 0 Å². The van der Waals surface area contributed by atoms with Crippen LogP contribution in [0.5, 0.6) is 0 Å². The van der Waals surface area contributed by atoms with E-state index in [-0.39, 0.29) is 6.10 Å². The Morgan fingerprint density at radius 1 is 0.383 bits per heavy atom. The van der Waals surface area contributed by atoms with Crippen LogP contribution in [0.15, 0.2) is 11.6 Å². The third-order valence-corrected chi connectivity index (χ3v) is 23.0. The van der Waals surface area contributed by atoms with Crippen molar-refractivity contribution in [2.45, 2.75) is 296 Å². The maximum atomic E-state index is 11.2. The van der Waals surface area contributed by atoms with E-state index in [4.69, 9.17) is 56.8 Å². The minimum Gasteiger partial charge on any atom is -0.394 e. The van der Waals surface area contributed by atoms with E-state index >= 15 is 0 Å². The van der Waals surface area contributed by atoms with E-state index in [1.807, 2.05) is 0 Å². The van der Waals surface area contributed by atoms with Gasteiger partial charge in [-0.15, -0.1) is 0 Å². The molecular weight excluding hydrogens is 1250 g/mol. The first kappa shape index (κ1) is 75.2. The molecule has 25 fully saturated rings. The van der Waals surface area contributed by atoms with Crippen molar-refractivity contribution in [1.29, 1.82) is 0 Å². The van der Waals surface area contributed by atoms with Crippen LogP contribution in [0.3, 0.4) is 0 Å². The van der Waals surface area contributed by atoms with E-state index in [2.05, 4.69) is 40.7 Å². The van der Waals surface area contributed by atoms with E-state index in [9.17, 15) is 97.0 Å². The quantitative estimate of drug-likeness (QED) is 0.0858. The van der Waals surface area contributed by atoms with Gasteiger partial charge in [0.1, 0.15) is 146 Å². The summed E-state index contributed by atoms with van der Waals surface area (Å²) in [5.41, 5.74) is 2.60. The van der Waals surface area contributed by atoms with Gasteiger partial charge in [-0.25, -0.2) is 0 Å². The van der Waals surface area contributed by atoms with E-state index in [1.165, 1.54) is 57.8 Å². The third-order valence-electron chi connectivity index (χ3n) is 23.0. The molecule has 31 heteroatoms. The lowest BCUT2D eigenvalue weighted by atomic mass is 9.47. The SMILES string of the molecule is CC(C)CCCC(C)C1CCC2C3CC=C4CC(O)CCC4(C)C3CCC12C.OC[C@H]1O[C@@H]2O[C@H]3C(O)C(O)[C@H](O[C@@H]3CO)O[C@H]3C(O)C(O)[C@H](O[C@@H]3CO)O[C@H]3C(O)C(O)[C@H](O[C@@H]3CO)O[C@H]3C(O)C(O)[C@H](O[C@@H]3CO)O[C@H]3C(O)C(O)C(OC1C(O)C2O)O[C@@H]3CO. The lowest BCUT2D eigenvalue weighted by molar-refractivity contribution is -0.404. The number of hydrogen-bond acceptors (Lipinski definition) is 31. The average molecular weight is 1360 g/mol. The van der Waals surface area contributed by atoms with Crippen molar-refractivity contribution in [3.05, 3.63) is 11.6 Å². The summed E-state index contributed by atoms with van der Waals surface area (Å²) >= 11 is 0. The zero-order valence-electron chi connectivity index (χ0n) is 53.9. The number of aliphatic hydroxyl groups is 19. The standard InChI is InChI=1S/C36H60O30.C27H46O/c37-1-7-25-13(43)19(49)31(55-7)62-26-8(2-38)57-33(21(51)15(26)45)64-28-10(4-40)59-35(23(53)17(28)47)66-30-12(6-42)60-36(24(54)18(30)48)65-29-11(5-41)58-34(22(52)16(29)46)63-27-9(3-39)56-32(61-25)20(50)14(27)44;1-18(2)7-6-8-19(3)23-11-12-24-22-10-9-20-17-21(28)13-15-26(20,4)25(22)14-16-27(23,24)5/h7-54H,1-6H2;9,18-19,21-25,28H,6-8,10-17H2,1-5H3/t7-,8-,9-,10-,11-,12-,13?,14?,15?,16?,17?,18?,19?,20?,21?,22?,23?,24?,25-,26-,27-,28-,29-,30?,31-,32-,33-,34-,35?,36-;/m1./s1. The lowest BCUT2D eigenvalue weighted by Crippen LogP contribution is -2.69. The highest BCUT2D eigenvalue weighted by atomic mass is 16.8. The molecule has 22 saturated heterocycles. The van der Waals surface area contributed by atoms with Crippen molar-refractivity contribution in [3.63, 3.8) is 0 Å². The summed E-state index contributed by atoms with van der Waals surface area (Å²) in [4.78, 5) is 0. The Hall–Kier alpha value is -1.50. The Morgan fingerprint density at radius 3 is 1.00 bits per heavy atom. The molecule has 22 aliphatic heterocycles. The zero-order valence-corrected chi connectivity index (χ0v) is 53.9. The van der Waals surface area contributed by atoms with Crippen LogP contribution in [0, 0.1) is 46.3 Å². The number of fused-ring (bicyclic) bond motifs is 5. The molecule has 31 nitrogen and oxygen atoms in total. The average Bonchev–Trinajstić information content (AvgIpc) is 1.40. The molecule has 22 unspecified atom stereocenters. The molecule has 0 amide bonds. The van der Waals surface area contributed by atoms with Gasteiger partial charge >= 0.3 is 0 Å². The minimum atomic E-state index is -2.15. The van der Waals surface area contributed by atoms with Gasteiger partial charge in [0, 0.05) is 0 Å². The Labute approximate surface area is 545 Å². The molecule has 0 aromatic carbocycles. The second-order valence-electron chi connectivity index (χ2n) is 29.0. The van der Waals surface area contributed by atoms with Crippen molar-refractivity contribution in [3.8, 4) is 0 Å². The summed E-state index contributed by atoms with van der Waals surface area (Å²) in [5, 5.41) is 206. The second-order valence-corrected chi connectivity index (χ2v) is 29.0. The van der Waals surface area contributed by atoms with Crippen LogP contribution in [0.25, 0.3) is 0 Å². The first-order valence-corrected chi connectivity index (χ1v) is 33.7. The summed E-state index contributed by atoms with van der Waals surface area (Å²) in [6.45, 7) is 6.57. The summed E-state index contributed by atoms with van der Waals surface area (Å²) in [7, 11) is 0. The largest absolute Gasteiger partial charge is 0.394 e. The van der Waals surface area contributed by atoms with Gasteiger partial charge in [-0.2, -0.15) is 0 Å². The van der Waals surface area contributed by atoms with Crippen LogP contribution < -0.4 is 0 Å².